The van der Waals surface area contributed by atoms with Crippen LogP contribution in [0.3, 0.4) is 0 Å². The van der Waals surface area contributed by atoms with Gasteiger partial charge in [-0.3, -0.25) is 4.79 Å². The van der Waals surface area contributed by atoms with Gasteiger partial charge in [-0.25, -0.2) is 4.84 Å². The van der Waals surface area contributed by atoms with Gasteiger partial charge in [0.1, 0.15) is 13.1 Å². The summed E-state index contributed by atoms with van der Waals surface area (Å²) in [5, 5.41) is 3.11. The summed E-state index contributed by atoms with van der Waals surface area (Å²) in [6.07, 6.45) is 0.788. The van der Waals surface area contributed by atoms with Gasteiger partial charge >= 0.3 is 0 Å². The van der Waals surface area contributed by atoms with Crippen LogP contribution in [0.1, 0.15) is 20.3 Å². The molecule has 0 saturated carbocycles. The molecule has 0 aromatic carbocycles. The van der Waals surface area contributed by atoms with Crippen molar-refractivity contribution in [3.05, 3.63) is 0 Å². The summed E-state index contributed by atoms with van der Waals surface area (Å²) in [7, 11) is 1.67. The number of thiol groups is 1. The van der Waals surface area contributed by atoms with Gasteiger partial charge in [-0.1, -0.05) is 0 Å². The zero-order valence-corrected chi connectivity index (χ0v) is 10.6. The summed E-state index contributed by atoms with van der Waals surface area (Å²) in [5.41, 5.74) is 0. The third kappa shape index (κ3) is 2.46. The van der Waals surface area contributed by atoms with Crippen molar-refractivity contribution in [1.82, 2.24) is 5.32 Å². The molecule has 88 valence electrons. The summed E-state index contributed by atoms with van der Waals surface area (Å²) in [4.78, 5) is 17.4. The average molecular weight is 233 g/mol. The number of likely N-dealkylation sites (tertiary alicyclic amines) is 1. The highest BCUT2D eigenvalue weighted by Crippen LogP contribution is 2.30. The highest BCUT2D eigenvalue weighted by molar-refractivity contribution is 7.81. The van der Waals surface area contributed by atoms with E-state index < -0.39 is 0 Å². The zero-order chi connectivity index (χ0) is 11.5. The lowest BCUT2D eigenvalue weighted by Gasteiger charge is -2.33. The van der Waals surface area contributed by atoms with E-state index in [2.05, 4.69) is 17.9 Å². The summed E-state index contributed by atoms with van der Waals surface area (Å²) < 4.78 is 0.403. The number of hydroxylamine groups is 3. The first-order valence-corrected chi connectivity index (χ1v) is 5.99. The van der Waals surface area contributed by atoms with Gasteiger partial charge in [0.05, 0.1) is 12.4 Å². The average Bonchev–Trinajstić information content (AvgIpc) is 2.56. The van der Waals surface area contributed by atoms with Gasteiger partial charge in [0, 0.05) is 13.0 Å². The van der Waals surface area contributed by atoms with Crippen LogP contribution in [-0.2, 0) is 9.63 Å². The molecule has 0 spiro atoms. The predicted octanol–water partition coefficient (Wildman–Crippen LogP) is 0.591. The molecule has 3 atom stereocenters. The van der Waals surface area contributed by atoms with Crippen molar-refractivity contribution in [3.63, 3.8) is 0 Å². The van der Waals surface area contributed by atoms with Crippen LogP contribution in [0.15, 0.2) is 0 Å². The molecule has 1 fully saturated rings. The molecule has 1 aliphatic rings. The number of hydrogen-bond donors (Lipinski definition) is 2. The highest BCUT2D eigenvalue weighted by atomic mass is 32.1. The number of hydrogen-bond acceptors (Lipinski definition) is 3. The van der Waals surface area contributed by atoms with Crippen molar-refractivity contribution in [2.24, 2.45) is 0 Å². The fourth-order valence-electron chi connectivity index (χ4n) is 2.30. The Balaban J connectivity index is 2.80. The SMILES string of the molecule is CCNC(=O)[C@@H]1C[C@H](S)C[N+]1(CC)OC. The molecule has 1 aliphatic heterocycles. The second-order valence-electron chi connectivity index (χ2n) is 3.93. The number of likely N-dealkylation sites (N-methyl/N-ethyl adjacent to an activating group) is 2. The number of rotatable bonds is 4. The Morgan fingerprint density at radius 1 is 1.60 bits per heavy atom. The second kappa shape index (κ2) is 5.18. The van der Waals surface area contributed by atoms with Crippen LogP contribution in [0, 0.1) is 0 Å². The Hall–Kier alpha value is -0.260. The second-order valence-corrected chi connectivity index (χ2v) is 4.66. The quantitative estimate of drug-likeness (QED) is 0.551. The molecule has 1 unspecified atom stereocenters. The molecule has 0 bridgehead atoms. The fourth-order valence-corrected chi connectivity index (χ4v) is 2.78. The molecule has 1 rings (SSSR count). The maximum absolute atomic E-state index is 11.9. The highest BCUT2D eigenvalue weighted by Gasteiger charge is 2.50. The van der Waals surface area contributed by atoms with Gasteiger partial charge in [0.25, 0.3) is 5.91 Å². The molecule has 5 heteroatoms. The lowest BCUT2D eigenvalue weighted by atomic mass is 10.2. The monoisotopic (exact) mass is 233 g/mol. The van der Waals surface area contributed by atoms with E-state index in [0.717, 1.165) is 19.5 Å². The smallest absolute Gasteiger partial charge is 0.281 e. The molecule has 0 aliphatic carbocycles. The van der Waals surface area contributed by atoms with Crippen molar-refractivity contribution in [2.45, 2.75) is 31.6 Å². The van der Waals surface area contributed by atoms with Crippen molar-refractivity contribution in [1.29, 1.82) is 0 Å². The Kier molecular flexibility index (Phi) is 4.43. The molecule has 1 saturated heterocycles. The molecule has 4 nitrogen and oxygen atoms in total. The summed E-state index contributed by atoms with van der Waals surface area (Å²) in [6, 6.07) is -0.109. The van der Waals surface area contributed by atoms with E-state index in [1.165, 1.54) is 0 Å². The first-order valence-electron chi connectivity index (χ1n) is 5.47. The van der Waals surface area contributed by atoms with Gasteiger partial charge in [-0.05, 0) is 13.8 Å². The van der Waals surface area contributed by atoms with Gasteiger partial charge in [-0.15, -0.1) is 0 Å². The van der Waals surface area contributed by atoms with Crippen LogP contribution < -0.4 is 5.32 Å². The van der Waals surface area contributed by atoms with E-state index in [-0.39, 0.29) is 17.2 Å². The van der Waals surface area contributed by atoms with E-state index in [1.54, 1.807) is 7.11 Å². The molecular weight excluding hydrogens is 212 g/mol. The van der Waals surface area contributed by atoms with E-state index in [9.17, 15) is 4.79 Å². The molecule has 0 radical (unpaired) electrons. The largest absolute Gasteiger partial charge is 0.351 e. The Morgan fingerprint density at radius 2 is 2.27 bits per heavy atom. The minimum Gasteiger partial charge on any atom is -0.351 e. The van der Waals surface area contributed by atoms with Crippen molar-refractivity contribution in [3.8, 4) is 0 Å². The Bertz CT molecular complexity index is 231. The van der Waals surface area contributed by atoms with Crippen LogP contribution in [-0.4, -0.2) is 48.6 Å². The molecule has 1 amide bonds. The first-order chi connectivity index (χ1) is 7.09. The molecular formula is C10H21N2O2S+. The van der Waals surface area contributed by atoms with Crippen molar-refractivity contribution < 1.29 is 14.3 Å². The predicted molar refractivity (Wildman–Crippen MR) is 62.5 cm³/mol. The molecule has 1 heterocycles. The number of carbonyl (C=O) groups excluding carboxylic acids is 1. The third-order valence-corrected chi connectivity index (χ3v) is 3.51. The van der Waals surface area contributed by atoms with Crippen molar-refractivity contribution >= 4 is 18.5 Å². The van der Waals surface area contributed by atoms with E-state index >= 15 is 0 Å². The maximum Gasteiger partial charge on any atom is 0.281 e. The van der Waals surface area contributed by atoms with E-state index in [0.29, 0.717) is 11.2 Å². The lowest BCUT2D eigenvalue weighted by Crippen LogP contribution is -2.56. The Labute approximate surface area is 96.9 Å². The van der Waals surface area contributed by atoms with Crippen LogP contribution in [0.2, 0.25) is 0 Å². The first kappa shape index (κ1) is 12.8. The number of amides is 1. The fraction of sp³-hybridized carbons (Fsp3) is 0.900. The van der Waals surface area contributed by atoms with Crippen LogP contribution in [0.4, 0.5) is 0 Å². The Morgan fingerprint density at radius 3 is 2.73 bits per heavy atom. The van der Waals surface area contributed by atoms with E-state index in [4.69, 9.17) is 4.84 Å². The van der Waals surface area contributed by atoms with Crippen LogP contribution in [0.5, 0.6) is 0 Å². The lowest BCUT2D eigenvalue weighted by molar-refractivity contribution is -1.10. The third-order valence-electron chi connectivity index (χ3n) is 3.14. The normalized spacial score (nSPS) is 35.5. The van der Waals surface area contributed by atoms with Gasteiger partial charge < -0.3 is 5.32 Å². The maximum atomic E-state index is 11.9. The van der Waals surface area contributed by atoms with Crippen LogP contribution in [0.25, 0.3) is 0 Å². The summed E-state index contributed by atoms with van der Waals surface area (Å²) in [6.45, 7) is 6.24. The standard InChI is InChI=1S/C10H20N2O2S/c1-4-11-10(13)9-6-8(15)7-12(9,5-2)14-3/h8-9H,4-7H2,1-3H3,(H-,11,13,15)/p+1/t8-,9-,12?/m0/s1. The molecule has 15 heavy (non-hydrogen) atoms. The molecule has 1 N–H and O–H groups in total. The summed E-state index contributed by atoms with van der Waals surface area (Å²) in [5.74, 6) is 0.0813. The van der Waals surface area contributed by atoms with Crippen molar-refractivity contribution in [2.75, 3.05) is 26.7 Å². The van der Waals surface area contributed by atoms with Crippen LogP contribution >= 0.6 is 12.6 Å². The topological polar surface area (TPSA) is 38.3 Å². The number of quaternary nitrogens is 1. The van der Waals surface area contributed by atoms with Gasteiger partial charge in [-0.2, -0.15) is 17.3 Å². The minimum atomic E-state index is -0.109. The minimum absolute atomic E-state index is 0.0813. The van der Waals surface area contributed by atoms with Gasteiger partial charge in [0.2, 0.25) is 0 Å². The number of nitrogens with zero attached hydrogens (tertiary/aromatic N) is 1. The molecule has 0 aromatic heterocycles. The summed E-state index contributed by atoms with van der Waals surface area (Å²) >= 11 is 4.46. The zero-order valence-electron chi connectivity index (χ0n) is 9.69. The number of carbonyl (C=O) groups is 1. The van der Waals surface area contributed by atoms with E-state index in [1.807, 2.05) is 13.8 Å². The number of nitrogens with one attached hydrogen (secondary N) is 1. The van der Waals surface area contributed by atoms with Gasteiger partial charge in [0.15, 0.2) is 6.04 Å². The molecule has 0 aromatic rings.